The molecule has 0 saturated heterocycles. The molecule has 0 bridgehead atoms. The number of pyridine rings is 3. The average Bonchev–Trinajstić information content (AvgIpc) is 3.84. The van der Waals surface area contributed by atoms with Crippen LogP contribution in [0.5, 0.6) is 0 Å². The minimum absolute atomic E-state index is 0.539. The summed E-state index contributed by atoms with van der Waals surface area (Å²) in [7, 11) is 0. The molecule has 12 rings (SSSR count). The third kappa shape index (κ3) is 5.04. The molecular weight excluding hydrogens is 711 g/mol. The third-order valence-electron chi connectivity index (χ3n) is 11.2. The topological polar surface area (TPSA) is 73.8 Å². The molecule has 0 aliphatic heterocycles. The molecule has 6 aromatic carbocycles. The predicted octanol–water partition coefficient (Wildman–Crippen LogP) is 12.1. The molecule has 0 unspecified atom stereocenters. The molecule has 6 heterocycles. The fourth-order valence-corrected chi connectivity index (χ4v) is 8.61. The molecule has 58 heavy (non-hydrogen) atoms. The molecule has 0 aliphatic carbocycles. The highest BCUT2D eigenvalue weighted by molar-refractivity contribution is 6.18. The Morgan fingerprint density at radius 3 is 1.47 bits per heavy atom. The second-order valence-electron chi connectivity index (χ2n) is 14.6. The second kappa shape index (κ2) is 12.8. The Hall–Kier alpha value is -8.03. The first kappa shape index (κ1) is 32.2. The van der Waals surface area contributed by atoms with Crippen LogP contribution < -0.4 is 0 Å². The minimum atomic E-state index is 0.539. The number of aromatic nitrogens is 7. The fraction of sp³-hybridized carbons (Fsp3) is 0. The van der Waals surface area contributed by atoms with Crippen molar-refractivity contribution in [2.45, 2.75) is 0 Å². The molecule has 6 aromatic heterocycles. The number of nitrogens with zero attached hydrogens (tertiary/aromatic N) is 7. The molecule has 7 nitrogen and oxygen atoms in total. The molecule has 12 aromatic rings. The van der Waals surface area contributed by atoms with Gasteiger partial charge in [-0.25, -0.2) is 4.98 Å². The fourth-order valence-electron chi connectivity index (χ4n) is 8.61. The maximum absolute atomic E-state index is 5.29. The van der Waals surface area contributed by atoms with Crippen LogP contribution >= 0.6 is 0 Å². The predicted molar refractivity (Wildman–Crippen MR) is 235 cm³/mol. The Balaban J connectivity index is 1.14. The zero-order chi connectivity index (χ0) is 38.2. The van der Waals surface area contributed by atoms with Crippen molar-refractivity contribution in [3.8, 4) is 51.2 Å². The number of fused-ring (bicyclic) bond motifs is 11. The van der Waals surface area contributed by atoms with Crippen LogP contribution in [0.4, 0.5) is 0 Å². The van der Waals surface area contributed by atoms with Gasteiger partial charge in [0, 0.05) is 61.6 Å². The van der Waals surface area contributed by atoms with E-state index < -0.39 is 0 Å². The Bertz CT molecular complexity index is 3470. The van der Waals surface area contributed by atoms with E-state index in [9.17, 15) is 0 Å². The van der Waals surface area contributed by atoms with Gasteiger partial charge in [0.1, 0.15) is 0 Å². The van der Waals surface area contributed by atoms with E-state index in [1.54, 1.807) is 0 Å². The zero-order valence-corrected chi connectivity index (χ0v) is 31.0. The van der Waals surface area contributed by atoms with E-state index in [1.165, 1.54) is 27.2 Å². The van der Waals surface area contributed by atoms with Gasteiger partial charge in [-0.3, -0.25) is 14.5 Å². The van der Waals surface area contributed by atoms with Crippen LogP contribution in [0.2, 0.25) is 0 Å². The second-order valence-corrected chi connectivity index (χ2v) is 14.6. The maximum atomic E-state index is 5.29. The number of rotatable bonds is 5. The summed E-state index contributed by atoms with van der Waals surface area (Å²) >= 11 is 0. The van der Waals surface area contributed by atoms with Crippen LogP contribution in [-0.4, -0.2) is 33.9 Å². The van der Waals surface area contributed by atoms with Crippen LogP contribution in [0.1, 0.15) is 0 Å². The molecule has 0 fully saturated rings. The van der Waals surface area contributed by atoms with Crippen LogP contribution in [0.15, 0.2) is 188 Å². The Kier molecular flexibility index (Phi) is 7.09. The van der Waals surface area contributed by atoms with Gasteiger partial charge in [0.05, 0.1) is 39.0 Å². The molecular formula is C51H31N7. The summed E-state index contributed by atoms with van der Waals surface area (Å²) in [5.74, 6) is 1.68. The summed E-state index contributed by atoms with van der Waals surface area (Å²) in [5, 5.41) is 7.09. The molecule has 0 aliphatic rings. The number of para-hydroxylation sites is 2. The van der Waals surface area contributed by atoms with E-state index in [1.807, 2.05) is 60.9 Å². The van der Waals surface area contributed by atoms with Gasteiger partial charge in [-0.15, -0.1) is 0 Å². The highest BCUT2D eigenvalue weighted by Gasteiger charge is 2.21. The van der Waals surface area contributed by atoms with Crippen molar-refractivity contribution in [3.63, 3.8) is 0 Å². The third-order valence-corrected chi connectivity index (χ3v) is 11.2. The van der Waals surface area contributed by atoms with Crippen LogP contribution in [0, 0.1) is 0 Å². The van der Waals surface area contributed by atoms with Crippen LogP contribution in [-0.2, 0) is 0 Å². The van der Waals surface area contributed by atoms with E-state index in [0.29, 0.717) is 17.6 Å². The van der Waals surface area contributed by atoms with Crippen molar-refractivity contribution < 1.29 is 0 Å². The van der Waals surface area contributed by atoms with Crippen molar-refractivity contribution in [3.05, 3.63) is 188 Å². The van der Waals surface area contributed by atoms with Crippen molar-refractivity contribution in [2.75, 3.05) is 0 Å². The Morgan fingerprint density at radius 1 is 0.328 bits per heavy atom. The summed E-state index contributed by atoms with van der Waals surface area (Å²) in [4.78, 5) is 25.0. The van der Waals surface area contributed by atoms with Gasteiger partial charge >= 0.3 is 0 Å². The molecule has 270 valence electrons. The van der Waals surface area contributed by atoms with Gasteiger partial charge in [0.15, 0.2) is 11.6 Å². The number of hydrogen-bond acceptors (Lipinski definition) is 5. The van der Waals surface area contributed by atoms with Gasteiger partial charge in [0.2, 0.25) is 5.95 Å². The lowest BCUT2D eigenvalue weighted by Gasteiger charge is -2.12. The van der Waals surface area contributed by atoms with E-state index >= 15 is 0 Å². The Labute approximate surface area is 332 Å². The lowest BCUT2D eigenvalue weighted by Crippen LogP contribution is -2.06. The number of benzene rings is 6. The highest BCUT2D eigenvalue weighted by Crippen LogP contribution is 2.39. The van der Waals surface area contributed by atoms with Gasteiger partial charge in [-0.1, -0.05) is 109 Å². The first-order chi connectivity index (χ1) is 28.7. The average molecular weight is 742 g/mol. The lowest BCUT2D eigenvalue weighted by molar-refractivity contribution is 0.954. The monoisotopic (exact) mass is 741 g/mol. The van der Waals surface area contributed by atoms with Gasteiger partial charge < -0.3 is 4.40 Å². The van der Waals surface area contributed by atoms with E-state index in [0.717, 1.165) is 66.4 Å². The minimum Gasteiger partial charge on any atom is -0.309 e. The van der Waals surface area contributed by atoms with Gasteiger partial charge in [-0.05, 0) is 72.1 Å². The Morgan fingerprint density at radius 2 is 0.845 bits per heavy atom. The summed E-state index contributed by atoms with van der Waals surface area (Å²) < 4.78 is 4.61. The summed E-state index contributed by atoms with van der Waals surface area (Å²) in [6.07, 6.45) is 3.63. The largest absolute Gasteiger partial charge is 0.309 e. The van der Waals surface area contributed by atoms with Crippen molar-refractivity contribution in [1.82, 2.24) is 33.9 Å². The SMILES string of the molecule is c1ccc(-c2cccc(-c3nc(-c4cccc(-c5ccccn5)c4)nc(-n4c5ccccc5c5cc6c(cc54)cc4c5ccccc5c5ccccc5n64)n3)c2)nc1. The van der Waals surface area contributed by atoms with Gasteiger partial charge in [0.25, 0.3) is 0 Å². The first-order valence-corrected chi connectivity index (χ1v) is 19.3. The maximum Gasteiger partial charge on any atom is 0.238 e. The van der Waals surface area contributed by atoms with E-state index in [4.69, 9.17) is 15.0 Å². The normalized spacial score (nSPS) is 11.8. The summed E-state index contributed by atoms with van der Waals surface area (Å²) in [6, 6.07) is 61.3. The zero-order valence-electron chi connectivity index (χ0n) is 31.0. The molecule has 0 atom stereocenters. The molecule has 0 N–H and O–H groups in total. The molecule has 7 heteroatoms. The van der Waals surface area contributed by atoms with Crippen LogP contribution in [0.3, 0.4) is 0 Å². The molecule has 0 radical (unpaired) electrons. The van der Waals surface area contributed by atoms with Crippen molar-refractivity contribution in [1.29, 1.82) is 0 Å². The quantitative estimate of drug-likeness (QED) is 0.164. The lowest BCUT2D eigenvalue weighted by atomic mass is 10.1. The summed E-state index contributed by atoms with van der Waals surface area (Å²) in [6.45, 7) is 0. The number of hydrogen-bond donors (Lipinski definition) is 0. The smallest absolute Gasteiger partial charge is 0.238 e. The molecule has 0 saturated carbocycles. The van der Waals surface area contributed by atoms with Crippen molar-refractivity contribution in [2.24, 2.45) is 0 Å². The van der Waals surface area contributed by atoms with E-state index in [-0.39, 0.29) is 0 Å². The summed E-state index contributed by atoms with van der Waals surface area (Å²) in [5.41, 5.74) is 11.0. The van der Waals surface area contributed by atoms with Crippen LogP contribution in [0.25, 0.3) is 111 Å². The standard InChI is InChI=1S/C51H31N7/c1-2-19-39-37(17-1)38-18-3-5-23-44(38)57-46-31-41-40-20-4-6-24-45(40)58(48(41)30-36(46)29-47(39)57)51-55-49(34-15-11-13-32(27-34)42-21-7-9-25-52-42)54-50(56-51)35-16-12-14-33(28-35)43-22-8-10-26-53-43/h1-31H. The van der Waals surface area contributed by atoms with E-state index in [2.05, 4.69) is 146 Å². The first-order valence-electron chi connectivity index (χ1n) is 19.3. The van der Waals surface area contributed by atoms with Gasteiger partial charge in [-0.2, -0.15) is 9.97 Å². The van der Waals surface area contributed by atoms with Crippen molar-refractivity contribution >= 4 is 59.9 Å². The highest BCUT2D eigenvalue weighted by atomic mass is 15.2. The molecule has 0 spiro atoms. The molecule has 0 amide bonds.